The summed E-state index contributed by atoms with van der Waals surface area (Å²) in [7, 11) is 0. The minimum atomic E-state index is -0.810. The van der Waals surface area contributed by atoms with Crippen molar-refractivity contribution in [2.45, 2.75) is 38.9 Å². The molecule has 1 amide bonds. The SMILES string of the molecule is CC(C)(C)OC(=O)NCC(CC#N)OC(=O)C=Cc1cc(Cl)c2c(c1)OCO2. The van der Waals surface area contributed by atoms with Crippen molar-refractivity contribution in [2.75, 3.05) is 13.3 Å². The maximum absolute atomic E-state index is 12.0. The lowest BCUT2D eigenvalue weighted by atomic mass is 10.2. The number of rotatable bonds is 6. The van der Waals surface area contributed by atoms with E-state index in [1.54, 1.807) is 32.9 Å². The van der Waals surface area contributed by atoms with Crippen LogP contribution in [-0.4, -0.2) is 37.1 Å². The van der Waals surface area contributed by atoms with Crippen molar-refractivity contribution in [1.29, 1.82) is 5.26 Å². The van der Waals surface area contributed by atoms with Crippen LogP contribution in [0, 0.1) is 11.3 Å². The molecule has 1 N–H and O–H groups in total. The number of fused-ring (bicyclic) bond motifs is 1. The van der Waals surface area contributed by atoms with Gasteiger partial charge in [-0.15, -0.1) is 0 Å². The number of halogens is 1. The number of hydrogen-bond acceptors (Lipinski definition) is 7. The summed E-state index contributed by atoms with van der Waals surface area (Å²) in [6.07, 6.45) is 1.16. The number of benzene rings is 1. The first-order valence-corrected chi connectivity index (χ1v) is 8.87. The van der Waals surface area contributed by atoms with E-state index in [-0.39, 0.29) is 19.8 Å². The largest absolute Gasteiger partial charge is 0.456 e. The molecule has 0 bridgehead atoms. The molecule has 28 heavy (non-hydrogen) atoms. The standard InChI is InChI=1S/C19H21ClN2O6/c1-19(2,3)28-18(24)22-10-13(6-7-21)27-16(23)5-4-12-8-14(20)17-15(9-12)25-11-26-17/h4-5,8-9,13H,6,10-11H2,1-3H3,(H,22,24). The minimum Gasteiger partial charge on any atom is -0.456 e. The topological polar surface area (TPSA) is 107 Å². The van der Waals surface area contributed by atoms with Crippen LogP contribution in [0.25, 0.3) is 6.08 Å². The Morgan fingerprint density at radius 3 is 2.82 bits per heavy atom. The first-order chi connectivity index (χ1) is 13.2. The highest BCUT2D eigenvalue weighted by molar-refractivity contribution is 6.32. The molecular formula is C19H21ClN2O6. The van der Waals surface area contributed by atoms with Gasteiger partial charge >= 0.3 is 12.1 Å². The monoisotopic (exact) mass is 408 g/mol. The summed E-state index contributed by atoms with van der Waals surface area (Å²) in [4.78, 5) is 23.7. The maximum Gasteiger partial charge on any atom is 0.407 e. The molecule has 1 aromatic rings. The molecule has 0 fully saturated rings. The molecule has 1 unspecified atom stereocenters. The van der Waals surface area contributed by atoms with E-state index in [2.05, 4.69) is 5.32 Å². The van der Waals surface area contributed by atoms with Gasteiger partial charge in [0.1, 0.15) is 11.7 Å². The number of esters is 1. The predicted molar refractivity (Wildman–Crippen MR) is 101 cm³/mol. The summed E-state index contributed by atoms with van der Waals surface area (Å²) in [5.74, 6) is 0.285. The van der Waals surface area contributed by atoms with Crippen molar-refractivity contribution in [3.05, 3.63) is 28.8 Å². The van der Waals surface area contributed by atoms with E-state index in [4.69, 9.17) is 35.8 Å². The predicted octanol–water partition coefficient (Wildman–Crippen LogP) is 3.43. The third-order valence-corrected chi connectivity index (χ3v) is 3.62. The Bertz CT molecular complexity index is 810. The van der Waals surface area contributed by atoms with Crippen molar-refractivity contribution >= 4 is 29.7 Å². The second-order valence-corrected chi connectivity index (χ2v) is 7.28. The van der Waals surface area contributed by atoms with E-state index in [1.807, 2.05) is 6.07 Å². The van der Waals surface area contributed by atoms with Gasteiger partial charge in [0.25, 0.3) is 0 Å². The second-order valence-electron chi connectivity index (χ2n) is 6.87. The zero-order chi connectivity index (χ0) is 20.7. The van der Waals surface area contributed by atoms with E-state index >= 15 is 0 Å². The van der Waals surface area contributed by atoms with Gasteiger partial charge in [0.2, 0.25) is 6.79 Å². The van der Waals surface area contributed by atoms with Gasteiger partial charge in [-0.25, -0.2) is 9.59 Å². The number of nitrogens with zero attached hydrogens (tertiary/aromatic N) is 1. The molecule has 0 radical (unpaired) electrons. The zero-order valence-electron chi connectivity index (χ0n) is 15.8. The lowest BCUT2D eigenvalue weighted by Gasteiger charge is -2.21. The molecule has 2 rings (SSSR count). The Balaban J connectivity index is 1.91. The van der Waals surface area contributed by atoms with Crippen molar-refractivity contribution in [3.8, 4) is 17.6 Å². The van der Waals surface area contributed by atoms with E-state index < -0.39 is 23.8 Å². The van der Waals surface area contributed by atoms with Crippen molar-refractivity contribution in [2.24, 2.45) is 0 Å². The van der Waals surface area contributed by atoms with Crippen molar-refractivity contribution in [3.63, 3.8) is 0 Å². The van der Waals surface area contributed by atoms with E-state index in [9.17, 15) is 9.59 Å². The average Bonchev–Trinajstić information content (AvgIpc) is 3.06. The van der Waals surface area contributed by atoms with Crippen molar-refractivity contribution in [1.82, 2.24) is 5.32 Å². The van der Waals surface area contributed by atoms with Gasteiger partial charge < -0.3 is 24.3 Å². The summed E-state index contributed by atoms with van der Waals surface area (Å²) in [6, 6.07) is 5.21. The minimum absolute atomic E-state index is 0.0437. The van der Waals surface area contributed by atoms with Crippen LogP contribution in [0.2, 0.25) is 5.02 Å². The highest BCUT2D eigenvalue weighted by Crippen LogP contribution is 2.40. The molecule has 1 heterocycles. The Labute approximate surface area is 168 Å². The number of carbonyl (C=O) groups is 2. The molecule has 150 valence electrons. The van der Waals surface area contributed by atoms with E-state index in [0.717, 1.165) is 0 Å². The quantitative estimate of drug-likeness (QED) is 0.567. The normalized spacial score (nSPS) is 13.7. The molecule has 0 saturated heterocycles. The molecule has 1 atom stereocenters. The van der Waals surface area contributed by atoms with Gasteiger partial charge in [-0.2, -0.15) is 5.26 Å². The third-order valence-electron chi connectivity index (χ3n) is 3.34. The lowest BCUT2D eigenvalue weighted by Crippen LogP contribution is -2.38. The van der Waals surface area contributed by atoms with Gasteiger partial charge in [0.15, 0.2) is 11.5 Å². The number of amides is 1. The van der Waals surface area contributed by atoms with Crippen LogP contribution in [0.3, 0.4) is 0 Å². The smallest absolute Gasteiger partial charge is 0.407 e. The Kier molecular flexibility index (Phi) is 7.12. The Morgan fingerprint density at radius 2 is 2.14 bits per heavy atom. The van der Waals surface area contributed by atoms with Gasteiger partial charge in [0, 0.05) is 6.08 Å². The average molecular weight is 409 g/mol. The number of carbonyl (C=O) groups excluding carboxylic acids is 2. The van der Waals surface area contributed by atoms with Crippen LogP contribution < -0.4 is 14.8 Å². The summed E-state index contributed by atoms with van der Waals surface area (Å²) in [5, 5.41) is 11.7. The first kappa shape index (κ1) is 21.4. The number of nitriles is 1. The number of ether oxygens (including phenoxy) is 4. The zero-order valence-corrected chi connectivity index (χ0v) is 16.5. The second kappa shape index (κ2) is 9.33. The number of hydrogen-bond donors (Lipinski definition) is 1. The van der Waals surface area contributed by atoms with Gasteiger partial charge in [-0.3, -0.25) is 0 Å². The summed E-state index contributed by atoms with van der Waals surface area (Å²) >= 11 is 6.09. The summed E-state index contributed by atoms with van der Waals surface area (Å²) in [5.41, 5.74) is -0.0324. The van der Waals surface area contributed by atoms with Crippen LogP contribution in [0.4, 0.5) is 4.79 Å². The van der Waals surface area contributed by atoms with E-state index in [0.29, 0.717) is 22.1 Å². The molecule has 0 saturated carbocycles. The molecule has 0 aromatic heterocycles. The highest BCUT2D eigenvalue weighted by Gasteiger charge is 2.20. The lowest BCUT2D eigenvalue weighted by molar-refractivity contribution is -0.142. The molecule has 8 nitrogen and oxygen atoms in total. The molecule has 1 aromatic carbocycles. The molecule has 1 aliphatic heterocycles. The maximum atomic E-state index is 12.0. The molecule has 9 heteroatoms. The fourth-order valence-corrected chi connectivity index (χ4v) is 2.49. The first-order valence-electron chi connectivity index (χ1n) is 8.49. The van der Waals surface area contributed by atoms with Crippen LogP contribution >= 0.6 is 11.6 Å². The fraction of sp³-hybridized carbons (Fsp3) is 0.421. The van der Waals surface area contributed by atoms with Crippen LogP contribution in [0.15, 0.2) is 18.2 Å². The van der Waals surface area contributed by atoms with Crippen LogP contribution in [0.5, 0.6) is 11.5 Å². The molecular weight excluding hydrogens is 388 g/mol. The Hall–Kier alpha value is -2.92. The van der Waals surface area contributed by atoms with Crippen LogP contribution in [-0.2, 0) is 14.3 Å². The molecule has 0 aliphatic carbocycles. The summed E-state index contributed by atoms with van der Waals surface area (Å²) < 4.78 is 20.8. The van der Waals surface area contributed by atoms with E-state index in [1.165, 1.54) is 12.2 Å². The van der Waals surface area contributed by atoms with Gasteiger partial charge in [0.05, 0.1) is 24.1 Å². The summed E-state index contributed by atoms with van der Waals surface area (Å²) in [6.45, 7) is 5.23. The van der Waals surface area contributed by atoms with Gasteiger partial charge in [-0.1, -0.05) is 11.6 Å². The molecule has 0 spiro atoms. The molecule has 1 aliphatic rings. The Morgan fingerprint density at radius 1 is 1.39 bits per heavy atom. The number of nitrogens with one attached hydrogen (secondary N) is 1. The third kappa shape index (κ3) is 6.67. The van der Waals surface area contributed by atoms with Gasteiger partial charge in [-0.05, 0) is 44.5 Å². The number of alkyl carbamates (subject to hydrolysis) is 1. The van der Waals surface area contributed by atoms with Crippen molar-refractivity contribution < 1.29 is 28.5 Å². The fourth-order valence-electron chi connectivity index (χ4n) is 2.22. The van der Waals surface area contributed by atoms with Crippen LogP contribution in [0.1, 0.15) is 32.8 Å². The highest BCUT2D eigenvalue weighted by atomic mass is 35.5.